The van der Waals surface area contributed by atoms with Crippen molar-refractivity contribution in [3.8, 4) is 5.75 Å². The molecular formula is C20H20N4O2. The Morgan fingerprint density at radius 2 is 1.96 bits per heavy atom. The lowest BCUT2D eigenvalue weighted by Crippen LogP contribution is -2.52. The van der Waals surface area contributed by atoms with Crippen LogP contribution in [0.1, 0.15) is 22.2 Å². The van der Waals surface area contributed by atoms with Gasteiger partial charge in [0.15, 0.2) is 0 Å². The van der Waals surface area contributed by atoms with Crippen LogP contribution in [0.25, 0.3) is 10.9 Å². The number of nitrogens with zero attached hydrogens (tertiary/aromatic N) is 3. The van der Waals surface area contributed by atoms with Crippen LogP contribution in [-0.4, -0.2) is 36.1 Å². The summed E-state index contributed by atoms with van der Waals surface area (Å²) in [6, 6.07) is 13.8. The Hall–Kier alpha value is -3.15. The van der Waals surface area contributed by atoms with Gasteiger partial charge in [0, 0.05) is 36.7 Å². The zero-order valence-corrected chi connectivity index (χ0v) is 14.8. The van der Waals surface area contributed by atoms with Gasteiger partial charge in [-0.2, -0.15) is 0 Å². The Bertz CT molecular complexity index is 1060. The van der Waals surface area contributed by atoms with E-state index in [9.17, 15) is 4.79 Å². The van der Waals surface area contributed by atoms with Crippen LogP contribution in [0, 0.1) is 0 Å². The van der Waals surface area contributed by atoms with Crippen LogP contribution in [-0.2, 0) is 6.54 Å². The molecule has 0 saturated heterocycles. The molecular weight excluding hydrogens is 328 g/mol. The number of carbonyl (C=O) groups excluding carboxylic acids is 1. The number of amides is 1. The Labute approximate surface area is 151 Å². The summed E-state index contributed by atoms with van der Waals surface area (Å²) in [4.78, 5) is 17.2. The van der Waals surface area contributed by atoms with Crippen molar-refractivity contribution < 1.29 is 9.53 Å². The van der Waals surface area contributed by atoms with Crippen LogP contribution in [0.4, 0.5) is 11.4 Å². The van der Waals surface area contributed by atoms with Gasteiger partial charge in [-0.1, -0.05) is 0 Å². The van der Waals surface area contributed by atoms with E-state index in [0.29, 0.717) is 17.8 Å². The van der Waals surface area contributed by atoms with Gasteiger partial charge >= 0.3 is 0 Å². The van der Waals surface area contributed by atoms with Crippen molar-refractivity contribution in [1.29, 1.82) is 0 Å². The zero-order valence-electron chi connectivity index (χ0n) is 14.8. The molecule has 26 heavy (non-hydrogen) atoms. The Balaban J connectivity index is 1.70. The molecule has 3 heterocycles. The first-order valence-electron chi connectivity index (χ1n) is 8.69. The summed E-state index contributed by atoms with van der Waals surface area (Å²) in [6.07, 6.45) is -0.120. The highest BCUT2D eigenvalue weighted by Crippen LogP contribution is 2.42. The summed E-state index contributed by atoms with van der Waals surface area (Å²) in [5.41, 5.74) is 10.4. The van der Waals surface area contributed by atoms with Gasteiger partial charge in [0.05, 0.1) is 24.1 Å². The molecule has 2 aliphatic rings. The average Bonchev–Trinajstić information content (AvgIpc) is 3.03. The lowest BCUT2D eigenvalue weighted by Gasteiger charge is -2.46. The molecule has 0 fully saturated rings. The number of methoxy groups -OCH3 is 1. The van der Waals surface area contributed by atoms with Gasteiger partial charge in [0.2, 0.25) is 0 Å². The number of nitrogens with two attached hydrogens (primary N) is 1. The summed E-state index contributed by atoms with van der Waals surface area (Å²) in [7, 11) is 3.71. The smallest absolute Gasteiger partial charge is 0.258 e. The molecule has 1 unspecified atom stereocenters. The number of nitrogen functional groups attached to an aromatic ring is 1. The maximum absolute atomic E-state index is 13.1. The molecule has 1 amide bonds. The molecule has 6 nitrogen and oxygen atoms in total. The van der Waals surface area contributed by atoms with Crippen molar-refractivity contribution in [2.45, 2.75) is 12.7 Å². The van der Waals surface area contributed by atoms with Gasteiger partial charge in [-0.15, -0.1) is 0 Å². The standard InChI is InChI=1S/C20H20N4O2/c1-22-17-5-3-13(21)11-15(17)20(25)24-8-7-23-16-6-4-14(26-2)9-12(16)10-18(23)19(22)24/h3-6,9-11,19H,7-8,21H2,1-2H3. The minimum Gasteiger partial charge on any atom is -0.497 e. The number of rotatable bonds is 1. The second-order valence-electron chi connectivity index (χ2n) is 6.91. The van der Waals surface area contributed by atoms with Crippen LogP contribution in [0.15, 0.2) is 42.5 Å². The molecule has 132 valence electrons. The summed E-state index contributed by atoms with van der Waals surface area (Å²) in [6.45, 7) is 1.45. The molecule has 2 aliphatic heterocycles. The fourth-order valence-electron chi connectivity index (χ4n) is 4.29. The fourth-order valence-corrected chi connectivity index (χ4v) is 4.29. The van der Waals surface area contributed by atoms with Gasteiger partial charge in [0.25, 0.3) is 5.91 Å². The van der Waals surface area contributed by atoms with E-state index in [2.05, 4.69) is 21.6 Å². The van der Waals surface area contributed by atoms with Crippen LogP contribution in [0.2, 0.25) is 0 Å². The fraction of sp³-hybridized carbons (Fsp3) is 0.250. The quantitative estimate of drug-likeness (QED) is 0.687. The number of fused-ring (bicyclic) bond motifs is 6. The molecule has 2 aromatic carbocycles. The first-order chi connectivity index (χ1) is 12.6. The van der Waals surface area contributed by atoms with E-state index in [0.717, 1.165) is 29.1 Å². The van der Waals surface area contributed by atoms with Gasteiger partial charge in [-0.3, -0.25) is 4.79 Å². The van der Waals surface area contributed by atoms with E-state index in [1.165, 1.54) is 5.52 Å². The number of aromatic nitrogens is 1. The third-order valence-electron chi connectivity index (χ3n) is 5.52. The van der Waals surface area contributed by atoms with Crippen molar-refractivity contribution in [1.82, 2.24) is 9.47 Å². The monoisotopic (exact) mass is 348 g/mol. The number of anilines is 2. The van der Waals surface area contributed by atoms with E-state index in [1.54, 1.807) is 13.2 Å². The van der Waals surface area contributed by atoms with E-state index < -0.39 is 0 Å². The van der Waals surface area contributed by atoms with Crippen LogP contribution in [0.5, 0.6) is 5.75 Å². The second-order valence-corrected chi connectivity index (χ2v) is 6.91. The van der Waals surface area contributed by atoms with E-state index >= 15 is 0 Å². The summed E-state index contributed by atoms with van der Waals surface area (Å²) < 4.78 is 7.67. The van der Waals surface area contributed by atoms with Crippen LogP contribution < -0.4 is 15.4 Å². The molecule has 0 aliphatic carbocycles. The maximum Gasteiger partial charge on any atom is 0.258 e. The Morgan fingerprint density at radius 1 is 1.12 bits per heavy atom. The van der Waals surface area contributed by atoms with E-state index in [4.69, 9.17) is 10.5 Å². The Morgan fingerprint density at radius 3 is 2.77 bits per heavy atom. The molecule has 0 spiro atoms. The van der Waals surface area contributed by atoms with Crippen LogP contribution in [0.3, 0.4) is 0 Å². The second kappa shape index (κ2) is 5.17. The van der Waals surface area contributed by atoms with Crippen molar-refractivity contribution in [2.24, 2.45) is 0 Å². The topological polar surface area (TPSA) is 63.7 Å². The van der Waals surface area contributed by atoms with Crippen molar-refractivity contribution in [3.05, 3.63) is 53.7 Å². The highest BCUT2D eigenvalue weighted by Gasteiger charge is 2.40. The number of hydrogen-bond donors (Lipinski definition) is 1. The molecule has 2 N–H and O–H groups in total. The number of benzene rings is 2. The number of hydrogen-bond acceptors (Lipinski definition) is 4. The first-order valence-corrected chi connectivity index (χ1v) is 8.69. The molecule has 0 bridgehead atoms. The Kier molecular flexibility index (Phi) is 3.01. The minimum absolute atomic E-state index is 0.0458. The maximum atomic E-state index is 13.1. The highest BCUT2D eigenvalue weighted by atomic mass is 16.5. The number of ether oxygens (including phenoxy) is 1. The van der Waals surface area contributed by atoms with Gasteiger partial charge in [-0.25, -0.2) is 0 Å². The highest BCUT2D eigenvalue weighted by molar-refractivity contribution is 6.03. The van der Waals surface area contributed by atoms with E-state index in [1.807, 2.05) is 36.2 Å². The molecule has 0 radical (unpaired) electrons. The predicted molar refractivity (Wildman–Crippen MR) is 102 cm³/mol. The molecule has 5 rings (SSSR count). The molecule has 3 aromatic rings. The first kappa shape index (κ1) is 15.1. The van der Waals surface area contributed by atoms with Gasteiger partial charge in [-0.05, 0) is 42.5 Å². The third kappa shape index (κ3) is 1.89. The predicted octanol–water partition coefficient (Wildman–Crippen LogP) is 2.84. The van der Waals surface area contributed by atoms with Crippen LogP contribution >= 0.6 is 0 Å². The molecule has 6 heteroatoms. The van der Waals surface area contributed by atoms with Crippen molar-refractivity contribution in [3.63, 3.8) is 0 Å². The summed E-state index contributed by atoms with van der Waals surface area (Å²) >= 11 is 0. The van der Waals surface area contributed by atoms with Gasteiger partial charge in [0.1, 0.15) is 11.9 Å². The SMILES string of the molecule is COc1ccc2c(c1)cc1n2CCN2C(=O)c3cc(N)ccc3N(C)C12. The lowest BCUT2D eigenvalue weighted by molar-refractivity contribution is 0.0602. The van der Waals surface area contributed by atoms with Crippen molar-refractivity contribution >= 4 is 28.2 Å². The number of carbonyl (C=O) groups is 1. The molecule has 0 saturated carbocycles. The average molecular weight is 348 g/mol. The largest absolute Gasteiger partial charge is 0.497 e. The molecule has 1 atom stereocenters. The summed E-state index contributed by atoms with van der Waals surface area (Å²) in [5, 5.41) is 1.13. The van der Waals surface area contributed by atoms with Gasteiger partial charge < -0.3 is 24.8 Å². The molecule has 1 aromatic heterocycles. The summed E-state index contributed by atoms with van der Waals surface area (Å²) in [5.74, 6) is 0.885. The third-order valence-corrected chi connectivity index (χ3v) is 5.52. The zero-order chi connectivity index (χ0) is 18.0. The lowest BCUT2D eigenvalue weighted by atomic mass is 10.0. The minimum atomic E-state index is -0.120. The van der Waals surface area contributed by atoms with Crippen molar-refractivity contribution in [2.75, 3.05) is 31.3 Å². The van der Waals surface area contributed by atoms with E-state index in [-0.39, 0.29) is 12.1 Å². The normalized spacial score (nSPS) is 18.5.